The molecular formula is C8H10N2. The number of allylic oxidation sites excluding steroid dienone is 1. The molecule has 0 spiro atoms. The first-order valence-electron chi connectivity index (χ1n) is 3.13. The van der Waals surface area contributed by atoms with Crippen molar-refractivity contribution >= 4 is 6.08 Å². The lowest BCUT2D eigenvalue weighted by molar-refractivity contribution is 0.810. The molecule has 0 saturated carbocycles. The maximum absolute atomic E-state index is 4.05. The fraction of sp³-hybridized carbons (Fsp3) is 0.125. The van der Waals surface area contributed by atoms with Gasteiger partial charge in [-0.1, -0.05) is 12.7 Å². The summed E-state index contributed by atoms with van der Waals surface area (Å²) in [4.78, 5) is 4.05. The summed E-state index contributed by atoms with van der Waals surface area (Å²) in [5.41, 5.74) is 0. The minimum Gasteiger partial charge on any atom is -0.328 e. The van der Waals surface area contributed by atoms with E-state index in [1.807, 2.05) is 16.8 Å². The molecule has 0 unspecified atom stereocenters. The molecule has 0 amide bonds. The molecule has 52 valence electrons. The summed E-state index contributed by atoms with van der Waals surface area (Å²) in [6.07, 6.45) is 7.21. The predicted molar refractivity (Wildman–Crippen MR) is 42.5 cm³/mol. The van der Waals surface area contributed by atoms with E-state index in [4.69, 9.17) is 0 Å². The highest BCUT2D eigenvalue weighted by Gasteiger charge is 1.92. The van der Waals surface area contributed by atoms with E-state index in [1.54, 1.807) is 12.3 Å². The lowest BCUT2D eigenvalue weighted by Crippen LogP contribution is -1.95. The molecule has 1 aromatic heterocycles. The summed E-state index contributed by atoms with van der Waals surface area (Å²) in [5, 5.41) is 0. The first-order chi connectivity index (χ1) is 4.88. The minimum atomic E-state index is 0.793. The van der Waals surface area contributed by atoms with Crippen LogP contribution in [0.5, 0.6) is 0 Å². The maximum Gasteiger partial charge on any atom is 0.132 e. The van der Waals surface area contributed by atoms with Crippen molar-refractivity contribution in [3.63, 3.8) is 0 Å². The molecule has 0 radical (unpaired) electrons. The minimum absolute atomic E-state index is 0.793. The zero-order valence-electron chi connectivity index (χ0n) is 5.83. The Hall–Kier alpha value is -1.31. The Bertz CT molecular complexity index is 235. The van der Waals surface area contributed by atoms with Gasteiger partial charge in [-0.2, -0.15) is 0 Å². The van der Waals surface area contributed by atoms with Crippen LogP contribution in [0.1, 0.15) is 5.82 Å². The van der Waals surface area contributed by atoms with E-state index in [2.05, 4.69) is 18.1 Å². The fourth-order valence-electron chi connectivity index (χ4n) is 0.804. The number of nitrogens with zero attached hydrogens (tertiary/aromatic N) is 2. The van der Waals surface area contributed by atoms with Gasteiger partial charge >= 0.3 is 0 Å². The van der Waals surface area contributed by atoms with Crippen LogP contribution >= 0.6 is 0 Å². The average Bonchev–Trinajstić information content (AvgIpc) is 2.36. The monoisotopic (exact) mass is 134 g/mol. The molecule has 0 bridgehead atoms. The Labute approximate surface area is 60.5 Å². The Morgan fingerprint density at radius 3 is 3.00 bits per heavy atom. The molecule has 1 heterocycles. The van der Waals surface area contributed by atoms with Crippen LogP contribution in [-0.4, -0.2) is 9.55 Å². The van der Waals surface area contributed by atoms with Crippen LogP contribution in [0, 0.1) is 0 Å². The van der Waals surface area contributed by atoms with Crippen LogP contribution in [0.25, 0.3) is 6.08 Å². The highest BCUT2D eigenvalue weighted by molar-refractivity contribution is 5.36. The molecule has 2 nitrogen and oxygen atoms in total. The van der Waals surface area contributed by atoms with Gasteiger partial charge in [0.15, 0.2) is 0 Å². The van der Waals surface area contributed by atoms with Gasteiger partial charge in [0.1, 0.15) is 5.82 Å². The van der Waals surface area contributed by atoms with Crippen molar-refractivity contribution in [2.24, 2.45) is 0 Å². The first kappa shape index (κ1) is 6.81. The van der Waals surface area contributed by atoms with Crippen LogP contribution in [0.15, 0.2) is 31.6 Å². The molecule has 0 fully saturated rings. The molecule has 0 aromatic carbocycles. The van der Waals surface area contributed by atoms with Crippen LogP contribution in [0.3, 0.4) is 0 Å². The van der Waals surface area contributed by atoms with Crippen molar-refractivity contribution in [1.29, 1.82) is 0 Å². The molecule has 0 aliphatic carbocycles. The van der Waals surface area contributed by atoms with Gasteiger partial charge in [0.05, 0.1) is 0 Å². The van der Waals surface area contributed by atoms with Gasteiger partial charge in [-0.15, -0.1) is 6.58 Å². The van der Waals surface area contributed by atoms with E-state index < -0.39 is 0 Å². The van der Waals surface area contributed by atoms with Crippen LogP contribution in [0.2, 0.25) is 0 Å². The second-order valence-electron chi connectivity index (χ2n) is 1.93. The fourth-order valence-corrected chi connectivity index (χ4v) is 0.804. The third-order valence-corrected chi connectivity index (χ3v) is 1.26. The number of hydrogen-bond donors (Lipinski definition) is 0. The highest BCUT2D eigenvalue weighted by Crippen LogP contribution is 1.97. The Morgan fingerprint density at radius 1 is 1.60 bits per heavy atom. The number of rotatable bonds is 3. The third kappa shape index (κ3) is 1.16. The molecule has 0 saturated heterocycles. The molecule has 10 heavy (non-hydrogen) atoms. The van der Waals surface area contributed by atoms with Gasteiger partial charge < -0.3 is 4.57 Å². The largest absolute Gasteiger partial charge is 0.328 e. The average molecular weight is 134 g/mol. The van der Waals surface area contributed by atoms with Crippen molar-refractivity contribution in [2.75, 3.05) is 0 Å². The lowest BCUT2D eigenvalue weighted by Gasteiger charge is -1.97. The summed E-state index contributed by atoms with van der Waals surface area (Å²) in [6, 6.07) is 0. The van der Waals surface area contributed by atoms with Crippen LogP contribution in [0.4, 0.5) is 0 Å². The topological polar surface area (TPSA) is 17.8 Å². The molecular weight excluding hydrogens is 124 g/mol. The van der Waals surface area contributed by atoms with Crippen molar-refractivity contribution in [2.45, 2.75) is 6.54 Å². The van der Waals surface area contributed by atoms with Crippen molar-refractivity contribution < 1.29 is 0 Å². The van der Waals surface area contributed by atoms with E-state index >= 15 is 0 Å². The summed E-state index contributed by atoms with van der Waals surface area (Å²) in [6.45, 7) is 8.05. The summed E-state index contributed by atoms with van der Waals surface area (Å²) in [7, 11) is 0. The second kappa shape index (κ2) is 3.01. The number of hydrogen-bond acceptors (Lipinski definition) is 1. The first-order valence-corrected chi connectivity index (χ1v) is 3.13. The Morgan fingerprint density at radius 2 is 2.40 bits per heavy atom. The van der Waals surface area contributed by atoms with Crippen molar-refractivity contribution in [3.05, 3.63) is 37.5 Å². The van der Waals surface area contributed by atoms with E-state index in [1.165, 1.54) is 0 Å². The second-order valence-corrected chi connectivity index (χ2v) is 1.93. The van der Waals surface area contributed by atoms with E-state index in [0.717, 1.165) is 12.4 Å². The standard InChI is InChI=1S/C8H10N2/c1-3-6-10-7-5-9-8(10)4-2/h3-5,7H,1-2,6H2. The molecule has 0 aliphatic heterocycles. The summed E-state index contributed by atoms with van der Waals surface area (Å²) < 4.78 is 1.97. The van der Waals surface area contributed by atoms with Gasteiger partial charge in [-0.05, 0) is 6.08 Å². The van der Waals surface area contributed by atoms with Crippen LogP contribution in [-0.2, 0) is 6.54 Å². The smallest absolute Gasteiger partial charge is 0.132 e. The van der Waals surface area contributed by atoms with E-state index in [0.29, 0.717) is 0 Å². The normalized spacial score (nSPS) is 9.20. The molecule has 2 heteroatoms. The highest BCUT2D eigenvalue weighted by atomic mass is 15.0. The zero-order valence-corrected chi connectivity index (χ0v) is 5.83. The quantitative estimate of drug-likeness (QED) is 0.575. The number of imidazole rings is 1. The van der Waals surface area contributed by atoms with Crippen molar-refractivity contribution in [3.8, 4) is 0 Å². The van der Waals surface area contributed by atoms with Gasteiger partial charge in [0, 0.05) is 18.9 Å². The molecule has 0 atom stereocenters. The maximum atomic E-state index is 4.05. The third-order valence-electron chi connectivity index (χ3n) is 1.26. The van der Waals surface area contributed by atoms with E-state index in [-0.39, 0.29) is 0 Å². The van der Waals surface area contributed by atoms with Gasteiger partial charge in [0.2, 0.25) is 0 Å². The SMILES string of the molecule is C=CCn1ccnc1C=C. The van der Waals surface area contributed by atoms with Gasteiger partial charge in [0.25, 0.3) is 0 Å². The molecule has 0 aliphatic rings. The van der Waals surface area contributed by atoms with Gasteiger partial charge in [-0.25, -0.2) is 4.98 Å². The Balaban J connectivity index is 2.89. The zero-order chi connectivity index (χ0) is 7.40. The molecule has 1 rings (SSSR count). The Kier molecular flexibility index (Phi) is 2.05. The summed E-state index contributed by atoms with van der Waals surface area (Å²) in [5.74, 6) is 0.889. The van der Waals surface area contributed by atoms with Crippen LogP contribution < -0.4 is 0 Å². The van der Waals surface area contributed by atoms with Crippen molar-refractivity contribution in [1.82, 2.24) is 9.55 Å². The van der Waals surface area contributed by atoms with Gasteiger partial charge in [-0.3, -0.25) is 0 Å². The molecule has 0 N–H and O–H groups in total. The molecule has 1 aromatic rings. The predicted octanol–water partition coefficient (Wildman–Crippen LogP) is 1.71. The van der Waals surface area contributed by atoms with E-state index in [9.17, 15) is 0 Å². The number of aromatic nitrogens is 2. The summed E-state index contributed by atoms with van der Waals surface area (Å²) >= 11 is 0. The lowest BCUT2D eigenvalue weighted by atomic mass is 10.5.